The first kappa shape index (κ1) is 12.4. The molecule has 0 saturated heterocycles. The normalized spacial score (nSPS) is 14.2. The van der Waals surface area contributed by atoms with Gasteiger partial charge in [-0.1, -0.05) is 13.3 Å². The Bertz CT molecular complexity index is 169. The van der Waals surface area contributed by atoms with Gasteiger partial charge in [0.1, 0.15) is 6.04 Å². The van der Waals surface area contributed by atoms with E-state index in [4.69, 9.17) is 10.8 Å². The Morgan fingerprint density at radius 3 is 2.54 bits per heavy atom. The molecular formula is C9H20N2O2. The Morgan fingerprint density at radius 2 is 2.15 bits per heavy atom. The van der Waals surface area contributed by atoms with E-state index in [1.165, 1.54) is 0 Å². The number of hydrogen-bond donors (Lipinski definition) is 3. The molecule has 0 aromatic rings. The van der Waals surface area contributed by atoms with Crippen LogP contribution in [0.5, 0.6) is 0 Å². The first-order chi connectivity index (χ1) is 5.89. The molecule has 4 heteroatoms. The molecule has 4 nitrogen and oxygen atoms in total. The minimum Gasteiger partial charge on any atom is -0.480 e. The molecule has 0 bridgehead atoms. The number of aliphatic carboxylic acids is 1. The van der Waals surface area contributed by atoms with Crippen molar-refractivity contribution in [3.63, 3.8) is 0 Å². The van der Waals surface area contributed by atoms with E-state index in [2.05, 4.69) is 12.2 Å². The number of nitrogens with two attached hydrogens (primary N) is 1. The second-order valence-corrected chi connectivity index (χ2v) is 3.96. The van der Waals surface area contributed by atoms with E-state index in [0.29, 0.717) is 6.54 Å². The van der Waals surface area contributed by atoms with Crippen molar-refractivity contribution in [1.29, 1.82) is 0 Å². The van der Waals surface area contributed by atoms with Crippen LogP contribution in [-0.2, 0) is 4.79 Å². The molecule has 0 aromatic heterocycles. The number of nitrogens with one attached hydrogen (secondary N) is 1. The molecule has 1 unspecified atom stereocenters. The van der Waals surface area contributed by atoms with Gasteiger partial charge >= 0.3 is 5.97 Å². The third-order valence-corrected chi connectivity index (χ3v) is 1.99. The average Bonchev–Trinajstić information content (AvgIpc) is 2.00. The van der Waals surface area contributed by atoms with Crippen LogP contribution in [0.2, 0.25) is 0 Å². The van der Waals surface area contributed by atoms with Gasteiger partial charge in [0, 0.05) is 12.1 Å². The Morgan fingerprint density at radius 1 is 1.62 bits per heavy atom. The molecule has 13 heavy (non-hydrogen) atoms. The summed E-state index contributed by atoms with van der Waals surface area (Å²) in [4.78, 5) is 10.4. The fraction of sp³-hybridized carbons (Fsp3) is 0.889. The number of rotatable bonds is 6. The molecule has 0 rings (SSSR count). The predicted molar refractivity (Wildman–Crippen MR) is 52.6 cm³/mol. The molecule has 0 aromatic carbocycles. The molecule has 0 fully saturated rings. The quantitative estimate of drug-likeness (QED) is 0.569. The van der Waals surface area contributed by atoms with Crippen LogP contribution in [0.25, 0.3) is 0 Å². The highest BCUT2D eigenvalue weighted by molar-refractivity contribution is 5.73. The highest BCUT2D eigenvalue weighted by Gasteiger charge is 2.19. The summed E-state index contributed by atoms with van der Waals surface area (Å²) < 4.78 is 0. The minimum absolute atomic E-state index is 0.0260. The Kier molecular flexibility index (Phi) is 4.95. The van der Waals surface area contributed by atoms with E-state index < -0.39 is 12.0 Å². The lowest BCUT2D eigenvalue weighted by Crippen LogP contribution is -2.48. The van der Waals surface area contributed by atoms with Crippen LogP contribution in [0.15, 0.2) is 0 Å². The van der Waals surface area contributed by atoms with Crippen LogP contribution in [0.4, 0.5) is 0 Å². The smallest absolute Gasteiger partial charge is 0.321 e. The van der Waals surface area contributed by atoms with Crippen LogP contribution in [0.1, 0.15) is 33.6 Å². The molecule has 0 heterocycles. The molecule has 0 spiro atoms. The minimum atomic E-state index is -0.959. The zero-order chi connectivity index (χ0) is 10.5. The number of carbonyl (C=O) groups is 1. The van der Waals surface area contributed by atoms with Crippen LogP contribution in [-0.4, -0.2) is 29.2 Å². The first-order valence-corrected chi connectivity index (χ1v) is 4.62. The fourth-order valence-electron chi connectivity index (χ4n) is 1.19. The SMILES string of the molecule is CCCC(C)(C)NCC(N)C(=O)O. The highest BCUT2D eigenvalue weighted by Crippen LogP contribution is 2.09. The second-order valence-electron chi connectivity index (χ2n) is 3.96. The van der Waals surface area contributed by atoms with Crippen molar-refractivity contribution in [3.05, 3.63) is 0 Å². The van der Waals surface area contributed by atoms with Crippen molar-refractivity contribution in [3.8, 4) is 0 Å². The zero-order valence-electron chi connectivity index (χ0n) is 8.63. The van der Waals surface area contributed by atoms with E-state index in [1.807, 2.05) is 13.8 Å². The van der Waals surface area contributed by atoms with Gasteiger partial charge in [-0.25, -0.2) is 0 Å². The van der Waals surface area contributed by atoms with Gasteiger partial charge in [-0.3, -0.25) is 4.79 Å². The molecule has 1 atom stereocenters. The van der Waals surface area contributed by atoms with Crippen molar-refractivity contribution in [2.75, 3.05) is 6.54 Å². The predicted octanol–water partition coefficient (Wildman–Crippen LogP) is 0.567. The molecule has 0 aliphatic heterocycles. The lowest BCUT2D eigenvalue weighted by atomic mass is 9.99. The summed E-state index contributed by atoms with van der Waals surface area (Å²) in [7, 11) is 0. The van der Waals surface area contributed by atoms with Gasteiger partial charge in [-0.15, -0.1) is 0 Å². The van der Waals surface area contributed by atoms with Crippen molar-refractivity contribution >= 4 is 5.97 Å². The molecule has 0 aliphatic carbocycles. The maximum atomic E-state index is 10.4. The summed E-state index contributed by atoms with van der Waals surface area (Å²) in [6, 6.07) is -0.809. The maximum absolute atomic E-state index is 10.4. The Labute approximate surface area is 79.5 Å². The number of hydrogen-bond acceptors (Lipinski definition) is 3. The van der Waals surface area contributed by atoms with Crippen molar-refractivity contribution in [1.82, 2.24) is 5.32 Å². The van der Waals surface area contributed by atoms with E-state index in [1.54, 1.807) is 0 Å². The molecule has 4 N–H and O–H groups in total. The summed E-state index contributed by atoms with van der Waals surface area (Å²) in [6.07, 6.45) is 2.08. The van der Waals surface area contributed by atoms with Gasteiger partial charge in [0.05, 0.1) is 0 Å². The first-order valence-electron chi connectivity index (χ1n) is 4.62. The van der Waals surface area contributed by atoms with E-state index >= 15 is 0 Å². The third-order valence-electron chi connectivity index (χ3n) is 1.99. The zero-order valence-corrected chi connectivity index (χ0v) is 8.63. The Hall–Kier alpha value is -0.610. The third kappa shape index (κ3) is 5.60. The van der Waals surface area contributed by atoms with E-state index in [0.717, 1.165) is 12.8 Å². The molecule has 0 amide bonds. The van der Waals surface area contributed by atoms with Gasteiger partial charge in [-0.2, -0.15) is 0 Å². The molecular weight excluding hydrogens is 168 g/mol. The standard InChI is InChI=1S/C9H20N2O2/c1-4-5-9(2,3)11-6-7(10)8(12)13/h7,11H,4-6,10H2,1-3H3,(H,12,13). The van der Waals surface area contributed by atoms with E-state index in [-0.39, 0.29) is 5.54 Å². The monoisotopic (exact) mass is 188 g/mol. The molecule has 0 radical (unpaired) electrons. The number of carboxylic acids is 1. The summed E-state index contributed by atoms with van der Waals surface area (Å²) in [5, 5.41) is 11.7. The summed E-state index contributed by atoms with van der Waals surface area (Å²) in [5.41, 5.74) is 5.33. The maximum Gasteiger partial charge on any atom is 0.321 e. The van der Waals surface area contributed by atoms with Crippen LogP contribution >= 0.6 is 0 Å². The topological polar surface area (TPSA) is 75.3 Å². The summed E-state index contributed by atoms with van der Waals surface area (Å²) in [6.45, 7) is 6.51. The fourth-order valence-corrected chi connectivity index (χ4v) is 1.19. The largest absolute Gasteiger partial charge is 0.480 e. The number of carboxylic acid groups (broad SMARTS) is 1. The molecule has 78 valence electrons. The summed E-state index contributed by atoms with van der Waals surface area (Å²) >= 11 is 0. The lowest BCUT2D eigenvalue weighted by molar-refractivity contribution is -0.138. The second kappa shape index (κ2) is 5.19. The van der Waals surface area contributed by atoms with Crippen molar-refractivity contribution < 1.29 is 9.90 Å². The van der Waals surface area contributed by atoms with Crippen LogP contribution in [0.3, 0.4) is 0 Å². The van der Waals surface area contributed by atoms with Gasteiger partial charge < -0.3 is 16.2 Å². The highest BCUT2D eigenvalue weighted by atomic mass is 16.4. The molecule has 0 saturated carbocycles. The van der Waals surface area contributed by atoms with Crippen molar-refractivity contribution in [2.24, 2.45) is 5.73 Å². The van der Waals surface area contributed by atoms with Gasteiger partial charge in [0.25, 0.3) is 0 Å². The van der Waals surface area contributed by atoms with Crippen LogP contribution in [0, 0.1) is 0 Å². The van der Waals surface area contributed by atoms with E-state index in [9.17, 15) is 4.79 Å². The van der Waals surface area contributed by atoms with Crippen molar-refractivity contribution in [2.45, 2.75) is 45.2 Å². The van der Waals surface area contributed by atoms with Gasteiger partial charge in [0.15, 0.2) is 0 Å². The lowest BCUT2D eigenvalue weighted by Gasteiger charge is -2.26. The van der Waals surface area contributed by atoms with Crippen LogP contribution < -0.4 is 11.1 Å². The Balaban J connectivity index is 3.80. The van der Waals surface area contributed by atoms with Gasteiger partial charge in [-0.05, 0) is 20.3 Å². The summed E-state index contributed by atoms with van der Waals surface area (Å²) in [5.74, 6) is -0.959. The molecule has 0 aliphatic rings. The average molecular weight is 188 g/mol. The van der Waals surface area contributed by atoms with Gasteiger partial charge in [0.2, 0.25) is 0 Å².